The van der Waals surface area contributed by atoms with Crippen molar-refractivity contribution in [1.29, 1.82) is 0 Å². The average Bonchev–Trinajstić information content (AvgIpc) is 2.86. The molecule has 0 aromatic rings. The summed E-state index contributed by atoms with van der Waals surface area (Å²) in [6.45, 7) is 1.14. The molecule has 20 heavy (non-hydrogen) atoms. The normalized spacial score (nSPS) is 43.4. The van der Waals surface area contributed by atoms with Crippen LogP contribution in [0.25, 0.3) is 0 Å². The van der Waals surface area contributed by atoms with Gasteiger partial charge in [-0.3, -0.25) is 4.79 Å². The van der Waals surface area contributed by atoms with Gasteiger partial charge in [0.15, 0.2) is 6.29 Å². The van der Waals surface area contributed by atoms with Gasteiger partial charge in [0, 0.05) is 6.42 Å². The van der Waals surface area contributed by atoms with E-state index in [1.54, 1.807) is 6.92 Å². The smallest absolute Gasteiger partial charge is 0.306 e. The first-order valence-corrected chi connectivity index (χ1v) is 6.59. The van der Waals surface area contributed by atoms with Crippen molar-refractivity contribution in [2.75, 3.05) is 6.61 Å². The SMILES string of the molecule is C[C@H](O[C@@H]1O[C@H](CO)[C@@H](O)[C@H](O)[C@H]1O)[C@H]1CCC(=O)O1. The molecular weight excluding hydrogens is 272 g/mol. The quantitative estimate of drug-likeness (QED) is 0.434. The molecule has 0 aromatic heterocycles. The van der Waals surface area contributed by atoms with Gasteiger partial charge in [-0.15, -0.1) is 0 Å². The predicted molar refractivity (Wildman–Crippen MR) is 63.4 cm³/mol. The lowest BCUT2D eigenvalue weighted by Crippen LogP contribution is -2.60. The minimum Gasteiger partial charge on any atom is -0.460 e. The number of esters is 1. The first-order chi connectivity index (χ1) is 9.43. The Labute approximate surface area is 115 Å². The van der Waals surface area contributed by atoms with Crippen LogP contribution in [-0.2, 0) is 19.0 Å². The molecule has 2 fully saturated rings. The zero-order chi connectivity index (χ0) is 14.9. The highest BCUT2D eigenvalue weighted by Gasteiger charge is 2.45. The molecule has 7 atom stereocenters. The Balaban J connectivity index is 1.95. The van der Waals surface area contributed by atoms with Crippen LogP contribution in [-0.4, -0.2) is 75.9 Å². The summed E-state index contributed by atoms with van der Waals surface area (Å²) in [5.41, 5.74) is 0. The summed E-state index contributed by atoms with van der Waals surface area (Å²) in [6, 6.07) is 0. The van der Waals surface area contributed by atoms with Crippen molar-refractivity contribution in [2.45, 2.75) is 62.7 Å². The molecule has 2 rings (SSSR count). The third-order valence-electron chi connectivity index (χ3n) is 3.64. The van der Waals surface area contributed by atoms with E-state index in [1.807, 2.05) is 0 Å². The molecule has 8 heteroatoms. The Morgan fingerprint density at radius 1 is 1.30 bits per heavy atom. The topological polar surface area (TPSA) is 126 Å². The molecule has 0 amide bonds. The average molecular weight is 292 g/mol. The van der Waals surface area contributed by atoms with E-state index in [0.717, 1.165) is 0 Å². The van der Waals surface area contributed by atoms with Crippen molar-refractivity contribution < 1.29 is 39.4 Å². The maximum absolute atomic E-state index is 11.0. The number of aliphatic hydroxyl groups excluding tert-OH is 4. The third-order valence-corrected chi connectivity index (χ3v) is 3.64. The van der Waals surface area contributed by atoms with Crippen LogP contribution in [0.15, 0.2) is 0 Å². The maximum Gasteiger partial charge on any atom is 0.306 e. The monoisotopic (exact) mass is 292 g/mol. The second-order valence-corrected chi connectivity index (χ2v) is 5.11. The van der Waals surface area contributed by atoms with Gasteiger partial charge >= 0.3 is 5.97 Å². The Bertz CT molecular complexity index is 346. The summed E-state index contributed by atoms with van der Waals surface area (Å²) in [6.07, 6.45) is -6.73. The molecule has 116 valence electrons. The molecule has 0 aliphatic carbocycles. The van der Waals surface area contributed by atoms with Gasteiger partial charge in [-0.2, -0.15) is 0 Å². The molecule has 8 nitrogen and oxygen atoms in total. The molecule has 4 N–H and O–H groups in total. The third kappa shape index (κ3) is 3.11. The Morgan fingerprint density at radius 2 is 2.00 bits per heavy atom. The molecule has 2 aliphatic heterocycles. The number of rotatable bonds is 4. The number of hydrogen-bond acceptors (Lipinski definition) is 8. The van der Waals surface area contributed by atoms with Crippen LogP contribution < -0.4 is 0 Å². The summed E-state index contributed by atoms with van der Waals surface area (Å²) >= 11 is 0. The summed E-state index contributed by atoms with van der Waals surface area (Å²) in [5, 5.41) is 38.1. The van der Waals surface area contributed by atoms with Crippen molar-refractivity contribution in [3.8, 4) is 0 Å². The first-order valence-electron chi connectivity index (χ1n) is 6.59. The predicted octanol–water partition coefficient (Wildman–Crippen LogP) is -2.10. The standard InChI is InChI=1S/C12H20O8/c1-5(6-2-3-8(14)19-6)18-12-11(17)10(16)9(15)7(4-13)20-12/h5-7,9-13,15-17H,2-4H2,1H3/t5-,6+,7+,9+,10-,11+,12+/m0/s1. The zero-order valence-corrected chi connectivity index (χ0v) is 11.1. The van der Waals surface area contributed by atoms with Crippen molar-refractivity contribution >= 4 is 5.97 Å². The molecule has 2 saturated heterocycles. The van der Waals surface area contributed by atoms with E-state index in [1.165, 1.54) is 0 Å². The van der Waals surface area contributed by atoms with Gasteiger partial charge in [-0.25, -0.2) is 0 Å². The lowest BCUT2D eigenvalue weighted by atomic mass is 9.99. The number of hydrogen-bond donors (Lipinski definition) is 4. The fourth-order valence-electron chi connectivity index (χ4n) is 2.36. The van der Waals surface area contributed by atoms with Gasteiger partial charge in [-0.05, 0) is 13.3 Å². The van der Waals surface area contributed by atoms with E-state index in [4.69, 9.17) is 19.3 Å². The maximum atomic E-state index is 11.0. The summed E-state index contributed by atoms with van der Waals surface area (Å²) in [7, 11) is 0. The summed E-state index contributed by atoms with van der Waals surface area (Å²) in [4.78, 5) is 11.0. The van der Waals surface area contributed by atoms with Crippen LogP contribution >= 0.6 is 0 Å². The second-order valence-electron chi connectivity index (χ2n) is 5.11. The van der Waals surface area contributed by atoms with Gasteiger partial charge in [0.25, 0.3) is 0 Å². The van der Waals surface area contributed by atoms with Crippen molar-refractivity contribution in [3.05, 3.63) is 0 Å². The molecule has 0 unspecified atom stereocenters. The number of carbonyl (C=O) groups excluding carboxylic acids is 1. The molecule has 0 aromatic carbocycles. The van der Waals surface area contributed by atoms with Crippen LogP contribution in [0.5, 0.6) is 0 Å². The minimum absolute atomic E-state index is 0.306. The van der Waals surface area contributed by atoms with Crippen LogP contribution in [0.2, 0.25) is 0 Å². The van der Waals surface area contributed by atoms with E-state index < -0.39 is 49.5 Å². The Morgan fingerprint density at radius 3 is 2.55 bits per heavy atom. The first kappa shape index (κ1) is 15.6. The molecule has 0 saturated carbocycles. The van der Waals surface area contributed by atoms with Crippen LogP contribution in [0.3, 0.4) is 0 Å². The number of carbonyl (C=O) groups is 1. The Hall–Kier alpha value is -0.770. The fraction of sp³-hybridized carbons (Fsp3) is 0.917. The molecule has 2 aliphatic rings. The van der Waals surface area contributed by atoms with Gasteiger partial charge in [0.2, 0.25) is 0 Å². The van der Waals surface area contributed by atoms with E-state index in [-0.39, 0.29) is 5.97 Å². The number of aliphatic hydroxyl groups is 4. The van der Waals surface area contributed by atoms with Crippen molar-refractivity contribution in [1.82, 2.24) is 0 Å². The number of cyclic esters (lactones) is 1. The van der Waals surface area contributed by atoms with E-state index in [0.29, 0.717) is 12.8 Å². The molecular formula is C12H20O8. The van der Waals surface area contributed by atoms with E-state index in [2.05, 4.69) is 0 Å². The molecule has 0 bridgehead atoms. The summed E-state index contributed by atoms with van der Waals surface area (Å²) in [5.74, 6) is -0.306. The van der Waals surface area contributed by atoms with Crippen molar-refractivity contribution in [2.24, 2.45) is 0 Å². The zero-order valence-electron chi connectivity index (χ0n) is 11.1. The molecule has 0 radical (unpaired) electrons. The second kappa shape index (κ2) is 6.33. The fourth-order valence-corrected chi connectivity index (χ4v) is 2.36. The molecule has 2 heterocycles. The highest BCUT2D eigenvalue weighted by molar-refractivity contribution is 5.71. The van der Waals surface area contributed by atoms with Crippen LogP contribution in [0.4, 0.5) is 0 Å². The van der Waals surface area contributed by atoms with Gasteiger partial charge in [-0.1, -0.05) is 0 Å². The van der Waals surface area contributed by atoms with Crippen LogP contribution in [0, 0.1) is 0 Å². The lowest BCUT2D eigenvalue weighted by molar-refractivity contribution is -0.314. The molecule has 0 spiro atoms. The van der Waals surface area contributed by atoms with Gasteiger partial charge in [0.05, 0.1) is 12.7 Å². The highest BCUT2D eigenvalue weighted by atomic mass is 16.7. The van der Waals surface area contributed by atoms with E-state index >= 15 is 0 Å². The summed E-state index contributed by atoms with van der Waals surface area (Å²) < 4.78 is 15.7. The largest absolute Gasteiger partial charge is 0.460 e. The highest BCUT2D eigenvalue weighted by Crippen LogP contribution is 2.26. The Kier molecular flexibility index (Phi) is 4.95. The van der Waals surface area contributed by atoms with Crippen LogP contribution in [0.1, 0.15) is 19.8 Å². The number of ether oxygens (including phenoxy) is 3. The minimum atomic E-state index is -1.48. The van der Waals surface area contributed by atoms with Gasteiger partial charge in [0.1, 0.15) is 30.5 Å². The lowest BCUT2D eigenvalue weighted by Gasteiger charge is -2.40. The van der Waals surface area contributed by atoms with E-state index in [9.17, 15) is 20.1 Å². The van der Waals surface area contributed by atoms with Crippen molar-refractivity contribution in [3.63, 3.8) is 0 Å². The van der Waals surface area contributed by atoms with Gasteiger partial charge < -0.3 is 34.6 Å².